The number of aromatic nitrogens is 1. The van der Waals surface area contributed by atoms with Crippen LogP contribution in [-0.2, 0) is 16.2 Å². The van der Waals surface area contributed by atoms with Crippen LogP contribution < -0.4 is 4.90 Å². The molecule has 11 heteroatoms. The molecular formula is C23H22F3N3O4S. The number of halogens is 3. The molecule has 1 aliphatic heterocycles. The first kappa shape index (κ1) is 24.0. The highest BCUT2D eigenvalue weighted by Crippen LogP contribution is 2.33. The van der Waals surface area contributed by atoms with Gasteiger partial charge in [-0.3, -0.25) is 4.79 Å². The normalized spacial score (nSPS) is 15.5. The number of sulfonamides is 1. The Morgan fingerprint density at radius 2 is 1.65 bits per heavy atom. The Labute approximate surface area is 194 Å². The standard InChI is InChI=1S/C23H22F3N3O4S/c1-15-3-4-18(20-14-22(33-27-20)23(24,25)26)13-21(15)34(31,32)29-11-9-28(10-12-29)19-7-5-17(6-8-19)16(2)30/h3-8,13-14H,9-12H2,1-2H3. The fraction of sp³-hybridized carbons (Fsp3) is 0.304. The van der Waals surface area contributed by atoms with Gasteiger partial charge in [-0.25, -0.2) is 8.42 Å². The molecule has 4 rings (SSSR count). The lowest BCUT2D eigenvalue weighted by Crippen LogP contribution is -2.48. The smallest absolute Gasteiger partial charge is 0.369 e. The van der Waals surface area contributed by atoms with Gasteiger partial charge in [0.05, 0.1) is 4.90 Å². The first-order chi connectivity index (χ1) is 16.0. The molecule has 0 N–H and O–H groups in total. The second kappa shape index (κ2) is 8.88. The summed E-state index contributed by atoms with van der Waals surface area (Å²) in [6.45, 7) is 4.51. The molecule has 3 aromatic rings. The Kier molecular flexibility index (Phi) is 6.26. The van der Waals surface area contributed by atoms with Gasteiger partial charge in [-0.05, 0) is 49.7 Å². The summed E-state index contributed by atoms with van der Waals surface area (Å²) in [6.07, 6.45) is -4.68. The molecule has 0 saturated carbocycles. The van der Waals surface area contributed by atoms with Gasteiger partial charge in [-0.15, -0.1) is 0 Å². The van der Waals surface area contributed by atoms with E-state index >= 15 is 0 Å². The third-order valence-electron chi connectivity index (χ3n) is 5.77. The number of hydrogen-bond donors (Lipinski definition) is 0. The largest absolute Gasteiger partial charge is 0.452 e. The van der Waals surface area contributed by atoms with E-state index in [9.17, 15) is 26.4 Å². The molecule has 34 heavy (non-hydrogen) atoms. The molecule has 0 spiro atoms. The molecule has 0 aliphatic carbocycles. The van der Waals surface area contributed by atoms with Crippen molar-refractivity contribution in [2.24, 2.45) is 0 Å². The van der Waals surface area contributed by atoms with Crippen LogP contribution >= 0.6 is 0 Å². The van der Waals surface area contributed by atoms with E-state index in [-0.39, 0.29) is 35.0 Å². The Morgan fingerprint density at radius 1 is 1.00 bits per heavy atom. The van der Waals surface area contributed by atoms with Crippen LogP contribution in [0.4, 0.5) is 18.9 Å². The number of aryl methyl sites for hydroxylation is 1. The number of ketones is 1. The van der Waals surface area contributed by atoms with Gasteiger partial charge in [-0.2, -0.15) is 17.5 Å². The Bertz CT molecular complexity index is 1310. The third-order valence-corrected chi connectivity index (χ3v) is 7.81. The van der Waals surface area contributed by atoms with Crippen molar-refractivity contribution < 1.29 is 30.9 Å². The topological polar surface area (TPSA) is 83.7 Å². The van der Waals surface area contributed by atoms with E-state index < -0.39 is 22.0 Å². The van der Waals surface area contributed by atoms with Crippen molar-refractivity contribution in [3.05, 3.63) is 65.4 Å². The quantitative estimate of drug-likeness (QED) is 0.491. The zero-order chi connectivity index (χ0) is 24.7. The lowest BCUT2D eigenvalue weighted by molar-refractivity contribution is -0.155. The zero-order valence-corrected chi connectivity index (χ0v) is 19.3. The zero-order valence-electron chi connectivity index (χ0n) is 18.5. The molecule has 0 unspecified atom stereocenters. The second-order valence-corrected chi connectivity index (χ2v) is 9.95. The van der Waals surface area contributed by atoms with Crippen molar-refractivity contribution >= 4 is 21.5 Å². The van der Waals surface area contributed by atoms with Crippen LogP contribution in [0.25, 0.3) is 11.3 Å². The van der Waals surface area contributed by atoms with Crippen LogP contribution in [0, 0.1) is 6.92 Å². The van der Waals surface area contributed by atoms with Gasteiger partial charge < -0.3 is 9.42 Å². The average molecular weight is 494 g/mol. The molecule has 2 heterocycles. The van der Waals surface area contributed by atoms with E-state index in [4.69, 9.17) is 0 Å². The van der Waals surface area contributed by atoms with Gasteiger partial charge in [0, 0.05) is 49.1 Å². The van der Waals surface area contributed by atoms with Gasteiger partial charge in [0.15, 0.2) is 5.78 Å². The fourth-order valence-electron chi connectivity index (χ4n) is 3.81. The van der Waals surface area contributed by atoms with Crippen LogP contribution in [0.15, 0.2) is 57.9 Å². The van der Waals surface area contributed by atoms with E-state index in [1.807, 2.05) is 17.0 Å². The summed E-state index contributed by atoms with van der Waals surface area (Å²) in [6, 6.07) is 12.3. The van der Waals surface area contributed by atoms with Crippen LogP contribution in [-0.4, -0.2) is 49.8 Å². The van der Waals surface area contributed by atoms with Gasteiger partial charge in [0.25, 0.3) is 0 Å². The molecule has 180 valence electrons. The van der Waals surface area contributed by atoms with Crippen molar-refractivity contribution in [2.45, 2.75) is 24.9 Å². The second-order valence-electron chi connectivity index (χ2n) is 8.05. The maximum Gasteiger partial charge on any atom is 0.452 e. The summed E-state index contributed by atoms with van der Waals surface area (Å²) in [5.41, 5.74) is 2.10. The maximum atomic E-state index is 13.4. The minimum atomic E-state index is -4.68. The predicted molar refractivity (Wildman–Crippen MR) is 119 cm³/mol. The van der Waals surface area contributed by atoms with E-state index in [0.717, 1.165) is 11.8 Å². The van der Waals surface area contributed by atoms with Gasteiger partial charge in [0.2, 0.25) is 15.8 Å². The lowest BCUT2D eigenvalue weighted by Gasteiger charge is -2.35. The third kappa shape index (κ3) is 4.71. The van der Waals surface area contributed by atoms with Crippen LogP contribution in [0.2, 0.25) is 0 Å². The van der Waals surface area contributed by atoms with Crippen molar-refractivity contribution in [1.29, 1.82) is 0 Å². The van der Waals surface area contributed by atoms with E-state index in [2.05, 4.69) is 9.68 Å². The van der Waals surface area contributed by atoms with Crippen LogP contribution in [0.5, 0.6) is 0 Å². The van der Waals surface area contributed by atoms with Crippen LogP contribution in [0.1, 0.15) is 28.6 Å². The number of rotatable bonds is 5. The summed E-state index contributed by atoms with van der Waals surface area (Å²) in [5, 5.41) is 3.45. The summed E-state index contributed by atoms with van der Waals surface area (Å²) >= 11 is 0. The number of piperazine rings is 1. The molecule has 0 radical (unpaired) electrons. The molecule has 7 nitrogen and oxygen atoms in total. The van der Waals surface area contributed by atoms with Gasteiger partial charge in [0.1, 0.15) is 5.69 Å². The van der Waals surface area contributed by atoms with Crippen molar-refractivity contribution in [1.82, 2.24) is 9.46 Å². The SMILES string of the molecule is CC(=O)c1ccc(N2CCN(S(=O)(=O)c3cc(-c4cc(C(F)(F)F)on4)ccc3C)CC2)cc1. The highest BCUT2D eigenvalue weighted by Gasteiger charge is 2.36. The minimum Gasteiger partial charge on any atom is -0.369 e. The average Bonchev–Trinajstić information content (AvgIpc) is 3.30. The number of nitrogens with zero attached hydrogens (tertiary/aromatic N) is 3. The van der Waals surface area contributed by atoms with Crippen molar-refractivity contribution in [3.8, 4) is 11.3 Å². The van der Waals surface area contributed by atoms with E-state index in [1.54, 1.807) is 19.1 Å². The molecule has 0 atom stereocenters. The molecule has 0 amide bonds. The highest BCUT2D eigenvalue weighted by atomic mass is 32.2. The number of hydrogen-bond acceptors (Lipinski definition) is 6. The molecule has 1 aliphatic rings. The van der Waals surface area contributed by atoms with Crippen LogP contribution in [0.3, 0.4) is 0 Å². The number of alkyl halides is 3. The molecule has 2 aromatic carbocycles. The summed E-state index contributed by atoms with van der Waals surface area (Å²) in [4.78, 5) is 13.5. The lowest BCUT2D eigenvalue weighted by atomic mass is 10.1. The van der Waals surface area contributed by atoms with Gasteiger partial charge in [-0.1, -0.05) is 17.3 Å². The van der Waals surface area contributed by atoms with E-state index in [1.165, 1.54) is 29.4 Å². The minimum absolute atomic E-state index is 0.0146. The molecule has 0 bridgehead atoms. The Morgan fingerprint density at radius 3 is 2.21 bits per heavy atom. The van der Waals surface area contributed by atoms with Crippen molar-refractivity contribution in [3.63, 3.8) is 0 Å². The molecule has 1 saturated heterocycles. The fourth-order valence-corrected chi connectivity index (χ4v) is 5.49. The first-order valence-electron chi connectivity index (χ1n) is 10.5. The Hall–Kier alpha value is -3.18. The number of carbonyl (C=O) groups is 1. The summed E-state index contributed by atoms with van der Waals surface area (Å²) in [7, 11) is -3.89. The number of carbonyl (C=O) groups excluding carboxylic acids is 1. The number of anilines is 1. The van der Waals surface area contributed by atoms with E-state index in [0.29, 0.717) is 24.2 Å². The highest BCUT2D eigenvalue weighted by molar-refractivity contribution is 7.89. The molecule has 1 aromatic heterocycles. The monoisotopic (exact) mass is 493 g/mol. The number of benzene rings is 2. The summed E-state index contributed by atoms with van der Waals surface area (Å²) < 4.78 is 71.0. The predicted octanol–water partition coefficient (Wildman–Crippen LogP) is 4.38. The molecular weight excluding hydrogens is 471 g/mol. The summed E-state index contributed by atoms with van der Waals surface area (Å²) in [5.74, 6) is -1.28. The maximum absolute atomic E-state index is 13.4. The van der Waals surface area contributed by atoms with Gasteiger partial charge >= 0.3 is 6.18 Å². The first-order valence-corrected chi connectivity index (χ1v) is 11.9. The number of Topliss-reactive ketones (excluding diaryl/α,β-unsaturated/α-hetero) is 1. The Balaban J connectivity index is 1.53. The molecule has 1 fully saturated rings. The van der Waals surface area contributed by atoms with Crippen molar-refractivity contribution in [2.75, 3.05) is 31.1 Å².